The monoisotopic (exact) mass is 233 g/mol. The first-order valence-corrected chi connectivity index (χ1v) is 5.99. The second-order valence-corrected chi connectivity index (χ2v) is 4.09. The van der Waals surface area contributed by atoms with E-state index in [-0.39, 0.29) is 17.7 Å². The van der Waals surface area contributed by atoms with E-state index in [0.29, 0.717) is 19.3 Å². The van der Waals surface area contributed by atoms with Crippen molar-refractivity contribution in [2.75, 3.05) is 0 Å². The molecule has 17 heavy (non-hydrogen) atoms. The summed E-state index contributed by atoms with van der Waals surface area (Å²) in [5.74, 6) is 0.00112. The molecule has 1 rings (SSSR count). The molecule has 92 valence electrons. The molecule has 0 aromatic heterocycles. The lowest BCUT2D eigenvalue weighted by atomic mass is 10.1. The second kappa shape index (κ2) is 6.84. The van der Waals surface area contributed by atoms with Crippen LogP contribution in [0.1, 0.15) is 32.3 Å². The van der Waals surface area contributed by atoms with Crippen molar-refractivity contribution < 1.29 is 9.59 Å². The summed E-state index contributed by atoms with van der Waals surface area (Å²) in [5, 5.41) is 2.71. The van der Waals surface area contributed by atoms with Gasteiger partial charge in [-0.2, -0.15) is 0 Å². The fourth-order valence-corrected chi connectivity index (χ4v) is 1.60. The topological polar surface area (TPSA) is 46.2 Å². The van der Waals surface area contributed by atoms with Crippen molar-refractivity contribution in [2.45, 2.75) is 39.2 Å². The Hall–Kier alpha value is -1.64. The fourth-order valence-electron chi connectivity index (χ4n) is 1.60. The van der Waals surface area contributed by atoms with Crippen LogP contribution in [0.4, 0.5) is 0 Å². The number of aryl methyl sites for hydroxylation is 1. The number of carbonyl (C=O) groups is 2. The maximum atomic E-state index is 11.6. The molecule has 0 radical (unpaired) electrons. The van der Waals surface area contributed by atoms with Crippen LogP contribution in [0.5, 0.6) is 0 Å². The first-order chi connectivity index (χ1) is 8.13. The summed E-state index contributed by atoms with van der Waals surface area (Å²) in [4.78, 5) is 22.9. The van der Waals surface area contributed by atoms with E-state index in [4.69, 9.17) is 0 Å². The van der Waals surface area contributed by atoms with Crippen LogP contribution in [0.3, 0.4) is 0 Å². The van der Waals surface area contributed by atoms with E-state index in [2.05, 4.69) is 5.32 Å². The predicted octanol–water partition coefficient (Wildman–Crippen LogP) is 2.10. The summed E-state index contributed by atoms with van der Waals surface area (Å²) < 4.78 is 0. The molecule has 3 nitrogen and oxygen atoms in total. The highest BCUT2D eigenvalue weighted by Crippen LogP contribution is 2.02. The Morgan fingerprint density at radius 1 is 1.24 bits per heavy atom. The zero-order valence-corrected chi connectivity index (χ0v) is 10.4. The van der Waals surface area contributed by atoms with Crippen molar-refractivity contribution >= 4 is 11.7 Å². The molecule has 1 unspecified atom stereocenters. The highest BCUT2D eigenvalue weighted by atomic mass is 16.2. The molecule has 0 aliphatic carbocycles. The van der Waals surface area contributed by atoms with Gasteiger partial charge in [-0.25, -0.2) is 0 Å². The van der Waals surface area contributed by atoms with Crippen molar-refractivity contribution in [1.82, 2.24) is 5.32 Å². The largest absolute Gasteiger partial charge is 0.347 e. The smallest absolute Gasteiger partial charge is 0.220 e. The minimum absolute atomic E-state index is 0.0665. The van der Waals surface area contributed by atoms with Gasteiger partial charge in [0, 0.05) is 12.8 Å². The molecule has 1 amide bonds. The summed E-state index contributed by atoms with van der Waals surface area (Å²) in [6.07, 6.45) is 1.59. The Balaban J connectivity index is 2.33. The molecule has 1 N–H and O–H groups in total. The Morgan fingerprint density at radius 3 is 2.47 bits per heavy atom. The van der Waals surface area contributed by atoms with Gasteiger partial charge in [-0.3, -0.25) is 9.59 Å². The zero-order chi connectivity index (χ0) is 12.7. The highest BCUT2D eigenvalue weighted by molar-refractivity contribution is 5.88. The third-order valence-electron chi connectivity index (χ3n) is 2.69. The highest BCUT2D eigenvalue weighted by Gasteiger charge is 2.13. The second-order valence-electron chi connectivity index (χ2n) is 4.09. The van der Waals surface area contributed by atoms with E-state index < -0.39 is 0 Å². The Kier molecular flexibility index (Phi) is 5.40. The lowest BCUT2D eigenvalue weighted by Crippen LogP contribution is -2.38. The van der Waals surface area contributed by atoms with Crippen LogP contribution >= 0.6 is 0 Å². The average molecular weight is 233 g/mol. The molecule has 0 saturated carbocycles. The molecule has 0 aliphatic rings. The minimum atomic E-state index is -0.372. The first kappa shape index (κ1) is 13.4. The Bertz CT molecular complexity index is 373. The fraction of sp³-hybridized carbons (Fsp3) is 0.429. The normalized spacial score (nSPS) is 11.9. The van der Waals surface area contributed by atoms with Crippen molar-refractivity contribution in [3.8, 4) is 0 Å². The molecule has 3 heteroatoms. The van der Waals surface area contributed by atoms with Gasteiger partial charge in [0.05, 0.1) is 6.04 Å². The number of Topliss-reactive ketones (excluding diaryl/α,β-unsaturated/α-hetero) is 1. The predicted molar refractivity (Wildman–Crippen MR) is 67.7 cm³/mol. The van der Waals surface area contributed by atoms with Crippen LogP contribution in [-0.2, 0) is 16.0 Å². The maximum absolute atomic E-state index is 11.6. The molecular formula is C14H19NO2. The number of hydrogen-bond acceptors (Lipinski definition) is 2. The first-order valence-electron chi connectivity index (χ1n) is 5.99. The van der Waals surface area contributed by atoms with Gasteiger partial charge in [0.15, 0.2) is 5.78 Å². The van der Waals surface area contributed by atoms with Gasteiger partial charge in [-0.15, -0.1) is 0 Å². The van der Waals surface area contributed by atoms with Crippen LogP contribution in [0, 0.1) is 0 Å². The molecule has 0 bridgehead atoms. The molecule has 1 atom stereocenters. The third-order valence-corrected chi connectivity index (χ3v) is 2.69. The number of amides is 1. The Morgan fingerprint density at radius 2 is 1.88 bits per heavy atom. The summed E-state index contributed by atoms with van der Waals surface area (Å²) >= 11 is 0. The molecule has 0 saturated heterocycles. The van der Waals surface area contributed by atoms with Gasteiger partial charge in [-0.1, -0.05) is 37.3 Å². The SMILES string of the molecule is CCC(=O)C(C)NC(=O)CCc1ccccc1. The minimum Gasteiger partial charge on any atom is -0.347 e. The van der Waals surface area contributed by atoms with Crippen molar-refractivity contribution in [2.24, 2.45) is 0 Å². The van der Waals surface area contributed by atoms with E-state index in [1.54, 1.807) is 13.8 Å². The van der Waals surface area contributed by atoms with E-state index in [1.807, 2.05) is 30.3 Å². The number of ketones is 1. The van der Waals surface area contributed by atoms with Crippen molar-refractivity contribution in [3.05, 3.63) is 35.9 Å². The lowest BCUT2D eigenvalue weighted by molar-refractivity contribution is -0.127. The van der Waals surface area contributed by atoms with Gasteiger partial charge in [0.2, 0.25) is 5.91 Å². The zero-order valence-electron chi connectivity index (χ0n) is 10.4. The molecular weight excluding hydrogens is 214 g/mol. The number of hydrogen-bond donors (Lipinski definition) is 1. The van der Waals surface area contributed by atoms with E-state index in [0.717, 1.165) is 5.56 Å². The number of carbonyl (C=O) groups excluding carboxylic acids is 2. The van der Waals surface area contributed by atoms with E-state index in [9.17, 15) is 9.59 Å². The molecule has 1 aromatic rings. The van der Waals surface area contributed by atoms with Gasteiger partial charge in [-0.05, 0) is 18.9 Å². The van der Waals surface area contributed by atoms with Gasteiger partial charge in [0.1, 0.15) is 0 Å². The van der Waals surface area contributed by atoms with Gasteiger partial charge < -0.3 is 5.32 Å². The van der Waals surface area contributed by atoms with Crippen LogP contribution in [0.2, 0.25) is 0 Å². The Labute approximate surface area is 102 Å². The molecule has 0 fully saturated rings. The van der Waals surface area contributed by atoms with Crippen LogP contribution < -0.4 is 5.32 Å². The van der Waals surface area contributed by atoms with E-state index in [1.165, 1.54) is 0 Å². The average Bonchev–Trinajstić information content (AvgIpc) is 2.36. The standard InChI is InChI=1S/C14H19NO2/c1-3-13(16)11(2)15-14(17)10-9-12-7-5-4-6-8-12/h4-8,11H,3,9-10H2,1-2H3,(H,15,17). The van der Waals surface area contributed by atoms with Gasteiger partial charge >= 0.3 is 0 Å². The van der Waals surface area contributed by atoms with Crippen LogP contribution in [0.25, 0.3) is 0 Å². The summed E-state index contributed by atoms with van der Waals surface area (Å²) in [7, 11) is 0. The van der Waals surface area contributed by atoms with Crippen LogP contribution in [0.15, 0.2) is 30.3 Å². The summed E-state index contributed by atoms with van der Waals surface area (Å²) in [6.45, 7) is 3.53. The lowest BCUT2D eigenvalue weighted by Gasteiger charge is -2.11. The van der Waals surface area contributed by atoms with Crippen molar-refractivity contribution in [1.29, 1.82) is 0 Å². The third kappa shape index (κ3) is 4.81. The summed E-state index contributed by atoms with van der Waals surface area (Å²) in [6, 6.07) is 9.48. The van der Waals surface area contributed by atoms with Crippen LogP contribution in [-0.4, -0.2) is 17.7 Å². The van der Waals surface area contributed by atoms with Crippen molar-refractivity contribution in [3.63, 3.8) is 0 Å². The summed E-state index contributed by atoms with van der Waals surface area (Å²) in [5.41, 5.74) is 1.14. The molecule has 1 aromatic carbocycles. The molecule has 0 aliphatic heterocycles. The quantitative estimate of drug-likeness (QED) is 0.818. The molecule has 0 spiro atoms. The van der Waals surface area contributed by atoms with Gasteiger partial charge in [0.25, 0.3) is 0 Å². The molecule has 0 heterocycles. The number of rotatable bonds is 6. The number of nitrogens with one attached hydrogen (secondary N) is 1. The van der Waals surface area contributed by atoms with E-state index >= 15 is 0 Å². The number of benzene rings is 1. The maximum Gasteiger partial charge on any atom is 0.220 e.